The molecule has 0 atom stereocenters. The highest BCUT2D eigenvalue weighted by molar-refractivity contribution is 5.96. The van der Waals surface area contributed by atoms with Gasteiger partial charge in [-0.25, -0.2) is 0 Å². The van der Waals surface area contributed by atoms with Gasteiger partial charge in [0, 0.05) is 0 Å². The average molecular weight is 159 g/mol. The van der Waals surface area contributed by atoms with Crippen molar-refractivity contribution in [3.63, 3.8) is 0 Å². The Bertz CT molecular complexity index is 115. The van der Waals surface area contributed by atoms with Gasteiger partial charge in [-0.3, -0.25) is 9.59 Å². The number of carbonyl (C=O) groups is 2. The highest BCUT2D eigenvalue weighted by atomic mass is 16.1. The highest BCUT2D eigenvalue weighted by Crippen LogP contribution is 1.80. The predicted octanol–water partition coefficient (Wildman–Crippen LogP) is 0.732. The van der Waals surface area contributed by atoms with Crippen LogP contribution in [0, 0.1) is 0 Å². The third-order valence-corrected chi connectivity index (χ3v) is 0.498. The molecule has 0 amide bonds. The monoisotopic (exact) mass is 159 g/mol. The minimum absolute atomic E-state index is 0.0625. The molecule has 0 aliphatic heterocycles. The van der Waals surface area contributed by atoms with E-state index in [1.807, 2.05) is 26.0 Å². The maximum absolute atomic E-state index is 10.0. The van der Waals surface area contributed by atoms with E-state index in [4.69, 9.17) is 0 Å². The maximum atomic E-state index is 10.0. The standard InChI is InChI=1S/C5H8O2.C3H9N/c1-4(6)3-5(2)7;1-4(2)3/h3H2,1-2H3;1-3H3. The number of nitrogens with zero attached hydrogens (tertiary/aromatic N) is 1. The number of carbonyl (C=O) groups excluding carboxylic acids is 2. The molecule has 0 fully saturated rings. The highest BCUT2D eigenvalue weighted by Gasteiger charge is 1.94. The fourth-order valence-electron chi connectivity index (χ4n) is 0.351. The van der Waals surface area contributed by atoms with Gasteiger partial charge >= 0.3 is 0 Å². The number of rotatable bonds is 2. The molecule has 0 aromatic rings. The van der Waals surface area contributed by atoms with E-state index < -0.39 is 0 Å². The molecule has 0 rings (SSSR count). The lowest BCUT2D eigenvalue weighted by molar-refractivity contribution is -0.124. The number of hydrogen-bond donors (Lipinski definition) is 0. The number of Topliss-reactive ketones (excluding diaryl/α,β-unsaturated/α-hetero) is 2. The zero-order valence-electron chi connectivity index (χ0n) is 7.97. The summed E-state index contributed by atoms with van der Waals surface area (Å²) in [5.74, 6) is -0.125. The summed E-state index contributed by atoms with van der Waals surface area (Å²) in [5.41, 5.74) is 0. The van der Waals surface area contributed by atoms with Crippen molar-refractivity contribution < 1.29 is 9.59 Å². The summed E-state index contributed by atoms with van der Waals surface area (Å²) in [6, 6.07) is 0. The van der Waals surface area contributed by atoms with Crippen molar-refractivity contribution in [1.82, 2.24) is 4.90 Å². The van der Waals surface area contributed by atoms with Crippen molar-refractivity contribution in [3.8, 4) is 0 Å². The van der Waals surface area contributed by atoms with Gasteiger partial charge in [-0.15, -0.1) is 0 Å². The third kappa shape index (κ3) is 45.5. The van der Waals surface area contributed by atoms with Crippen molar-refractivity contribution in [3.05, 3.63) is 0 Å². The molecular formula is C8H17NO2. The van der Waals surface area contributed by atoms with Crippen molar-refractivity contribution in [2.75, 3.05) is 21.1 Å². The van der Waals surface area contributed by atoms with Crippen LogP contribution >= 0.6 is 0 Å². The number of ketones is 2. The maximum Gasteiger partial charge on any atom is 0.137 e. The predicted molar refractivity (Wildman–Crippen MR) is 45.6 cm³/mol. The smallest absolute Gasteiger partial charge is 0.137 e. The van der Waals surface area contributed by atoms with Crippen LogP contribution < -0.4 is 0 Å². The van der Waals surface area contributed by atoms with Crippen molar-refractivity contribution in [2.45, 2.75) is 20.3 Å². The molecule has 0 unspecified atom stereocenters. The van der Waals surface area contributed by atoms with Gasteiger partial charge in [0.15, 0.2) is 0 Å². The van der Waals surface area contributed by atoms with Crippen LogP contribution in [0.3, 0.4) is 0 Å². The first-order chi connectivity index (χ1) is 4.86. The van der Waals surface area contributed by atoms with E-state index in [1.165, 1.54) is 13.8 Å². The Balaban J connectivity index is 0. The van der Waals surface area contributed by atoms with Gasteiger partial charge in [0.05, 0.1) is 6.42 Å². The van der Waals surface area contributed by atoms with Gasteiger partial charge in [-0.1, -0.05) is 0 Å². The fourth-order valence-corrected chi connectivity index (χ4v) is 0.351. The van der Waals surface area contributed by atoms with Gasteiger partial charge < -0.3 is 4.90 Å². The van der Waals surface area contributed by atoms with Crippen molar-refractivity contribution in [1.29, 1.82) is 0 Å². The van der Waals surface area contributed by atoms with Gasteiger partial charge in [-0.05, 0) is 35.0 Å². The summed E-state index contributed by atoms with van der Waals surface area (Å²) in [6.45, 7) is 2.81. The molecular weight excluding hydrogens is 142 g/mol. The average Bonchev–Trinajstić information content (AvgIpc) is 1.56. The normalized spacial score (nSPS) is 8.55. The molecule has 0 aliphatic carbocycles. The fraction of sp³-hybridized carbons (Fsp3) is 0.750. The Morgan fingerprint density at radius 1 is 1.00 bits per heavy atom. The van der Waals surface area contributed by atoms with E-state index in [-0.39, 0.29) is 18.0 Å². The molecule has 0 aromatic heterocycles. The number of hydrogen-bond acceptors (Lipinski definition) is 3. The second-order valence-electron chi connectivity index (χ2n) is 2.92. The van der Waals surface area contributed by atoms with Crippen LogP contribution in [-0.2, 0) is 9.59 Å². The van der Waals surface area contributed by atoms with Gasteiger partial charge in [0.2, 0.25) is 0 Å². The molecule has 0 saturated carbocycles. The Morgan fingerprint density at radius 2 is 1.18 bits per heavy atom. The molecule has 11 heavy (non-hydrogen) atoms. The van der Waals surface area contributed by atoms with E-state index in [0.29, 0.717) is 0 Å². The van der Waals surface area contributed by atoms with E-state index in [2.05, 4.69) is 0 Å². The van der Waals surface area contributed by atoms with Crippen LogP contribution in [0.4, 0.5) is 0 Å². The zero-order valence-corrected chi connectivity index (χ0v) is 7.97. The molecule has 66 valence electrons. The SMILES string of the molecule is CC(=O)CC(C)=O.CN(C)C. The lowest BCUT2D eigenvalue weighted by Gasteiger charge is -1.90. The quantitative estimate of drug-likeness (QED) is 0.557. The molecule has 0 radical (unpaired) electrons. The van der Waals surface area contributed by atoms with Crippen LogP contribution in [0.5, 0.6) is 0 Å². The first kappa shape index (κ1) is 12.9. The molecule has 3 nitrogen and oxygen atoms in total. The minimum atomic E-state index is -0.0625. The van der Waals surface area contributed by atoms with Crippen LogP contribution in [0.2, 0.25) is 0 Å². The first-order valence-corrected chi connectivity index (χ1v) is 3.46. The van der Waals surface area contributed by atoms with Gasteiger partial charge in [0.1, 0.15) is 11.6 Å². The zero-order chi connectivity index (χ0) is 9.44. The Kier molecular flexibility index (Phi) is 8.71. The van der Waals surface area contributed by atoms with Crippen LogP contribution in [0.15, 0.2) is 0 Å². The van der Waals surface area contributed by atoms with E-state index in [0.717, 1.165) is 0 Å². The molecule has 0 bridgehead atoms. The van der Waals surface area contributed by atoms with E-state index >= 15 is 0 Å². The lowest BCUT2D eigenvalue weighted by atomic mass is 10.2. The first-order valence-electron chi connectivity index (χ1n) is 3.46. The summed E-state index contributed by atoms with van der Waals surface area (Å²) in [7, 11) is 6.00. The second kappa shape index (κ2) is 7.41. The van der Waals surface area contributed by atoms with Crippen molar-refractivity contribution >= 4 is 11.6 Å². The van der Waals surface area contributed by atoms with Crippen LogP contribution in [0.1, 0.15) is 20.3 Å². The molecule has 0 spiro atoms. The second-order valence-corrected chi connectivity index (χ2v) is 2.92. The summed E-state index contributed by atoms with van der Waals surface area (Å²) in [5, 5.41) is 0. The van der Waals surface area contributed by atoms with Crippen molar-refractivity contribution in [2.24, 2.45) is 0 Å². The molecule has 0 heterocycles. The molecule has 0 aromatic carbocycles. The molecule has 0 saturated heterocycles. The van der Waals surface area contributed by atoms with E-state index in [1.54, 1.807) is 0 Å². The largest absolute Gasteiger partial charge is 0.312 e. The van der Waals surface area contributed by atoms with Crippen LogP contribution in [-0.4, -0.2) is 37.6 Å². The third-order valence-electron chi connectivity index (χ3n) is 0.498. The topological polar surface area (TPSA) is 37.4 Å². The summed E-state index contributed by atoms with van der Waals surface area (Å²) >= 11 is 0. The summed E-state index contributed by atoms with van der Waals surface area (Å²) in [6.07, 6.45) is 0.0833. The molecule has 3 heteroatoms. The molecule has 0 aliphatic rings. The molecule has 0 N–H and O–H groups in total. The Morgan fingerprint density at radius 3 is 1.18 bits per heavy atom. The summed E-state index contributed by atoms with van der Waals surface area (Å²) < 4.78 is 0. The Labute approximate surface area is 68.4 Å². The van der Waals surface area contributed by atoms with E-state index in [9.17, 15) is 9.59 Å². The lowest BCUT2D eigenvalue weighted by Crippen LogP contribution is -1.99. The minimum Gasteiger partial charge on any atom is -0.312 e. The Hall–Kier alpha value is -0.700. The van der Waals surface area contributed by atoms with Gasteiger partial charge in [0.25, 0.3) is 0 Å². The van der Waals surface area contributed by atoms with Crippen LogP contribution in [0.25, 0.3) is 0 Å². The van der Waals surface area contributed by atoms with Gasteiger partial charge in [-0.2, -0.15) is 0 Å². The summed E-state index contributed by atoms with van der Waals surface area (Å²) in [4.78, 5) is 22.1.